The van der Waals surface area contributed by atoms with E-state index in [2.05, 4.69) is 37.3 Å². The van der Waals surface area contributed by atoms with Crippen LogP contribution in [0, 0.1) is 6.92 Å². The molecule has 17 heavy (non-hydrogen) atoms. The number of Topliss-reactive ketones (excluding diaryl/α,β-unsaturated/α-hetero) is 1. The Labute approximate surface area is 105 Å². The van der Waals surface area contributed by atoms with E-state index in [0.29, 0.717) is 5.75 Å². The van der Waals surface area contributed by atoms with Crippen LogP contribution in [0.2, 0.25) is 0 Å². The van der Waals surface area contributed by atoms with Crippen LogP contribution in [0.4, 0.5) is 0 Å². The zero-order valence-corrected chi connectivity index (χ0v) is 10.4. The second-order valence-electron chi connectivity index (χ2n) is 4.26. The van der Waals surface area contributed by atoms with Crippen LogP contribution in [0.3, 0.4) is 0 Å². The SMILES string of the molecule is Cc1ccc(-c2cccc3c2SCC3=O)cc1. The quantitative estimate of drug-likeness (QED) is 0.750. The van der Waals surface area contributed by atoms with Crippen molar-refractivity contribution in [3.63, 3.8) is 0 Å². The predicted molar refractivity (Wildman–Crippen MR) is 71.7 cm³/mol. The number of hydrogen-bond donors (Lipinski definition) is 0. The molecule has 1 heterocycles. The van der Waals surface area contributed by atoms with Crippen LogP contribution in [0.25, 0.3) is 11.1 Å². The van der Waals surface area contributed by atoms with Gasteiger partial charge in [0.2, 0.25) is 0 Å². The van der Waals surface area contributed by atoms with E-state index >= 15 is 0 Å². The highest BCUT2D eigenvalue weighted by Gasteiger charge is 2.22. The Morgan fingerprint density at radius 2 is 1.71 bits per heavy atom. The van der Waals surface area contributed by atoms with E-state index in [1.165, 1.54) is 16.7 Å². The first-order chi connectivity index (χ1) is 8.25. The molecule has 0 aromatic heterocycles. The van der Waals surface area contributed by atoms with E-state index < -0.39 is 0 Å². The summed E-state index contributed by atoms with van der Waals surface area (Å²) in [7, 11) is 0. The first-order valence-corrected chi connectivity index (χ1v) is 6.60. The molecule has 0 bridgehead atoms. The minimum atomic E-state index is 0.249. The third kappa shape index (κ3) is 1.79. The summed E-state index contributed by atoms with van der Waals surface area (Å²) >= 11 is 1.65. The Balaban J connectivity index is 2.16. The number of carbonyl (C=O) groups excluding carboxylic acids is 1. The lowest BCUT2D eigenvalue weighted by Gasteiger charge is -2.07. The molecule has 0 radical (unpaired) electrons. The fourth-order valence-corrected chi connectivity index (χ4v) is 3.20. The van der Waals surface area contributed by atoms with E-state index in [4.69, 9.17) is 0 Å². The molecule has 2 heteroatoms. The summed E-state index contributed by atoms with van der Waals surface area (Å²) in [5.41, 5.74) is 4.51. The number of thioether (sulfide) groups is 1. The highest BCUT2D eigenvalue weighted by Crippen LogP contribution is 2.39. The summed E-state index contributed by atoms with van der Waals surface area (Å²) in [6.45, 7) is 2.08. The fourth-order valence-electron chi connectivity index (χ4n) is 2.09. The van der Waals surface area contributed by atoms with Gasteiger partial charge in [0, 0.05) is 10.5 Å². The average molecular weight is 240 g/mol. The zero-order valence-electron chi connectivity index (χ0n) is 9.57. The Hall–Kier alpha value is -1.54. The smallest absolute Gasteiger partial charge is 0.174 e. The van der Waals surface area contributed by atoms with Gasteiger partial charge >= 0.3 is 0 Å². The molecule has 0 fully saturated rings. The topological polar surface area (TPSA) is 17.1 Å². The van der Waals surface area contributed by atoms with Crippen LogP contribution in [0.5, 0.6) is 0 Å². The zero-order chi connectivity index (χ0) is 11.8. The summed E-state index contributed by atoms with van der Waals surface area (Å²) < 4.78 is 0. The standard InChI is InChI=1S/C15H12OS/c1-10-5-7-11(8-6-10)12-3-2-4-13-14(16)9-17-15(12)13/h2-8H,9H2,1H3. The number of ketones is 1. The summed E-state index contributed by atoms with van der Waals surface area (Å²) in [5.74, 6) is 0.831. The van der Waals surface area contributed by atoms with Crippen molar-refractivity contribution in [2.45, 2.75) is 11.8 Å². The van der Waals surface area contributed by atoms with Crippen molar-refractivity contribution >= 4 is 17.5 Å². The lowest BCUT2D eigenvalue weighted by molar-refractivity contribution is 0.102. The van der Waals surface area contributed by atoms with Gasteiger partial charge in [-0.1, -0.05) is 48.0 Å². The van der Waals surface area contributed by atoms with Gasteiger partial charge in [0.05, 0.1) is 5.75 Å². The van der Waals surface area contributed by atoms with Crippen molar-refractivity contribution in [1.29, 1.82) is 0 Å². The predicted octanol–water partition coefficient (Wildman–Crippen LogP) is 3.95. The summed E-state index contributed by atoms with van der Waals surface area (Å²) in [4.78, 5) is 12.8. The molecule has 0 unspecified atom stereocenters. The van der Waals surface area contributed by atoms with E-state index in [-0.39, 0.29) is 5.78 Å². The molecule has 1 aliphatic heterocycles. The van der Waals surface area contributed by atoms with E-state index in [1.54, 1.807) is 11.8 Å². The molecule has 3 rings (SSSR count). The maximum absolute atomic E-state index is 11.7. The van der Waals surface area contributed by atoms with Gasteiger partial charge in [-0.2, -0.15) is 0 Å². The number of fused-ring (bicyclic) bond motifs is 1. The van der Waals surface area contributed by atoms with Crippen LogP contribution in [0.1, 0.15) is 15.9 Å². The van der Waals surface area contributed by atoms with Crippen molar-refractivity contribution < 1.29 is 4.79 Å². The number of rotatable bonds is 1. The summed E-state index contributed by atoms with van der Waals surface area (Å²) in [6, 6.07) is 14.4. The number of aryl methyl sites for hydroxylation is 1. The van der Waals surface area contributed by atoms with Gasteiger partial charge in [-0.05, 0) is 18.1 Å². The first kappa shape index (κ1) is 10.6. The molecule has 0 saturated carbocycles. The highest BCUT2D eigenvalue weighted by molar-refractivity contribution is 8.00. The molecule has 0 spiro atoms. The van der Waals surface area contributed by atoms with Gasteiger partial charge in [-0.25, -0.2) is 0 Å². The minimum absolute atomic E-state index is 0.249. The molecule has 2 aromatic carbocycles. The van der Waals surface area contributed by atoms with Gasteiger partial charge in [-0.15, -0.1) is 11.8 Å². The monoisotopic (exact) mass is 240 g/mol. The molecule has 1 nitrogen and oxygen atoms in total. The fraction of sp³-hybridized carbons (Fsp3) is 0.133. The highest BCUT2D eigenvalue weighted by atomic mass is 32.2. The summed E-state index contributed by atoms with van der Waals surface area (Å²) in [5, 5.41) is 0. The Morgan fingerprint density at radius 3 is 2.47 bits per heavy atom. The van der Waals surface area contributed by atoms with Crippen LogP contribution in [0.15, 0.2) is 47.4 Å². The normalized spacial score (nSPS) is 13.8. The molecular formula is C15H12OS. The molecule has 2 aromatic rings. The Kier molecular flexibility index (Phi) is 2.52. The number of carbonyl (C=O) groups is 1. The third-order valence-corrected chi connectivity index (χ3v) is 4.16. The van der Waals surface area contributed by atoms with Gasteiger partial charge in [0.1, 0.15) is 0 Å². The van der Waals surface area contributed by atoms with Crippen LogP contribution in [-0.2, 0) is 0 Å². The largest absolute Gasteiger partial charge is 0.293 e. The van der Waals surface area contributed by atoms with Crippen molar-refractivity contribution in [2.75, 3.05) is 5.75 Å². The Morgan fingerprint density at radius 1 is 1.00 bits per heavy atom. The third-order valence-electron chi connectivity index (χ3n) is 3.03. The van der Waals surface area contributed by atoms with Crippen LogP contribution in [-0.4, -0.2) is 11.5 Å². The molecule has 0 N–H and O–H groups in total. The number of benzene rings is 2. The number of hydrogen-bond acceptors (Lipinski definition) is 2. The summed E-state index contributed by atoms with van der Waals surface area (Å²) in [6.07, 6.45) is 0. The van der Waals surface area contributed by atoms with E-state index in [0.717, 1.165) is 10.5 Å². The van der Waals surface area contributed by atoms with Gasteiger partial charge < -0.3 is 0 Å². The first-order valence-electron chi connectivity index (χ1n) is 5.62. The van der Waals surface area contributed by atoms with E-state index in [1.807, 2.05) is 12.1 Å². The Bertz CT molecular complexity index is 584. The van der Waals surface area contributed by atoms with Crippen molar-refractivity contribution in [3.8, 4) is 11.1 Å². The maximum Gasteiger partial charge on any atom is 0.174 e. The molecule has 0 amide bonds. The molecule has 0 atom stereocenters. The second kappa shape index (κ2) is 4.04. The molecule has 0 aliphatic carbocycles. The van der Waals surface area contributed by atoms with Gasteiger partial charge in [0.15, 0.2) is 5.78 Å². The lowest BCUT2D eigenvalue weighted by atomic mass is 10.0. The maximum atomic E-state index is 11.7. The van der Waals surface area contributed by atoms with Crippen molar-refractivity contribution in [1.82, 2.24) is 0 Å². The molecular weight excluding hydrogens is 228 g/mol. The minimum Gasteiger partial charge on any atom is -0.293 e. The van der Waals surface area contributed by atoms with Crippen molar-refractivity contribution in [2.24, 2.45) is 0 Å². The van der Waals surface area contributed by atoms with Crippen LogP contribution >= 0.6 is 11.8 Å². The van der Waals surface area contributed by atoms with E-state index in [9.17, 15) is 4.79 Å². The van der Waals surface area contributed by atoms with Crippen molar-refractivity contribution in [3.05, 3.63) is 53.6 Å². The molecule has 1 aliphatic rings. The average Bonchev–Trinajstić information content (AvgIpc) is 2.73. The van der Waals surface area contributed by atoms with Gasteiger partial charge in [-0.3, -0.25) is 4.79 Å². The van der Waals surface area contributed by atoms with Gasteiger partial charge in [0.25, 0.3) is 0 Å². The molecule has 84 valence electrons. The lowest BCUT2D eigenvalue weighted by Crippen LogP contribution is -1.94. The molecule has 0 saturated heterocycles. The second-order valence-corrected chi connectivity index (χ2v) is 5.25. The van der Waals surface area contributed by atoms with Crippen LogP contribution < -0.4 is 0 Å².